The molecule has 0 aliphatic rings. The predicted molar refractivity (Wildman–Crippen MR) is 63.6 cm³/mol. The highest BCUT2D eigenvalue weighted by Gasteiger charge is 2.24. The number of rotatable bonds is 6. The van der Waals surface area contributed by atoms with Crippen molar-refractivity contribution in [2.75, 3.05) is 6.61 Å². The lowest BCUT2D eigenvalue weighted by molar-refractivity contribution is 0.149. The lowest BCUT2D eigenvalue weighted by Gasteiger charge is -2.31. The van der Waals surface area contributed by atoms with E-state index in [4.69, 9.17) is 0 Å². The van der Waals surface area contributed by atoms with Crippen LogP contribution < -0.4 is 5.32 Å². The number of hydrogen-bond donors (Lipinski definition) is 2. The maximum absolute atomic E-state index is 13.4. The molecule has 0 aliphatic heterocycles. The second-order valence-electron chi connectivity index (χ2n) is 4.36. The fraction of sp³-hybridized carbons (Fsp3) is 0.538. The van der Waals surface area contributed by atoms with Crippen LogP contribution in [-0.2, 0) is 6.54 Å². The zero-order chi connectivity index (χ0) is 13.8. The molecule has 0 fully saturated rings. The van der Waals surface area contributed by atoms with Crippen LogP contribution in [0.1, 0.15) is 32.3 Å². The lowest BCUT2D eigenvalue weighted by Crippen LogP contribution is -2.47. The van der Waals surface area contributed by atoms with E-state index in [9.17, 15) is 18.3 Å². The highest BCUT2D eigenvalue weighted by molar-refractivity contribution is 5.20. The van der Waals surface area contributed by atoms with Crippen LogP contribution in [-0.4, -0.2) is 17.3 Å². The topological polar surface area (TPSA) is 32.3 Å². The Kier molecular flexibility index (Phi) is 5.16. The van der Waals surface area contributed by atoms with Gasteiger partial charge >= 0.3 is 0 Å². The molecule has 102 valence electrons. The van der Waals surface area contributed by atoms with Gasteiger partial charge in [-0.15, -0.1) is 0 Å². The highest BCUT2D eigenvalue weighted by atomic mass is 19.2. The lowest BCUT2D eigenvalue weighted by atomic mass is 9.93. The van der Waals surface area contributed by atoms with Crippen molar-refractivity contribution < 1.29 is 18.3 Å². The van der Waals surface area contributed by atoms with Crippen molar-refractivity contribution in [1.29, 1.82) is 0 Å². The number of hydrogen-bond acceptors (Lipinski definition) is 2. The van der Waals surface area contributed by atoms with Crippen molar-refractivity contribution in [1.82, 2.24) is 5.32 Å². The molecule has 0 heterocycles. The third kappa shape index (κ3) is 3.23. The standard InChI is InChI=1S/C13H18F3NO/c1-3-13(4-2,8-18)17-7-9-5-11(15)12(16)6-10(9)14/h5-6,17-18H,3-4,7-8H2,1-2H3. The summed E-state index contributed by atoms with van der Waals surface area (Å²) in [6, 6.07) is 1.37. The van der Waals surface area contributed by atoms with Crippen molar-refractivity contribution in [2.24, 2.45) is 0 Å². The summed E-state index contributed by atoms with van der Waals surface area (Å²) in [7, 11) is 0. The van der Waals surface area contributed by atoms with Gasteiger partial charge in [0, 0.05) is 23.7 Å². The summed E-state index contributed by atoms with van der Waals surface area (Å²) in [6.45, 7) is 3.75. The van der Waals surface area contributed by atoms with E-state index >= 15 is 0 Å². The van der Waals surface area contributed by atoms with E-state index in [-0.39, 0.29) is 18.7 Å². The second kappa shape index (κ2) is 6.20. The summed E-state index contributed by atoms with van der Waals surface area (Å²) in [5, 5.41) is 12.3. The van der Waals surface area contributed by atoms with E-state index in [0.717, 1.165) is 6.07 Å². The van der Waals surface area contributed by atoms with Gasteiger partial charge in [0.1, 0.15) is 5.82 Å². The summed E-state index contributed by atoms with van der Waals surface area (Å²) >= 11 is 0. The summed E-state index contributed by atoms with van der Waals surface area (Å²) in [5.41, 5.74) is -0.467. The molecule has 18 heavy (non-hydrogen) atoms. The van der Waals surface area contributed by atoms with E-state index in [1.807, 2.05) is 13.8 Å². The fourth-order valence-corrected chi connectivity index (χ4v) is 1.76. The van der Waals surface area contributed by atoms with Gasteiger partial charge in [-0.3, -0.25) is 0 Å². The van der Waals surface area contributed by atoms with Crippen LogP contribution in [0.5, 0.6) is 0 Å². The Bertz CT molecular complexity index is 397. The van der Waals surface area contributed by atoms with Crippen LogP contribution in [0.15, 0.2) is 12.1 Å². The molecule has 2 nitrogen and oxygen atoms in total. The van der Waals surface area contributed by atoms with E-state index in [2.05, 4.69) is 5.32 Å². The average molecular weight is 261 g/mol. The zero-order valence-electron chi connectivity index (χ0n) is 10.6. The first kappa shape index (κ1) is 15.0. The monoisotopic (exact) mass is 261 g/mol. The number of aliphatic hydroxyl groups is 1. The van der Waals surface area contributed by atoms with Gasteiger partial charge in [-0.05, 0) is 18.9 Å². The maximum atomic E-state index is 13.4. The minimum absolute atomic E-state index is 0.0469. The molecule has 5 heteroatoms. The molecular formula is C13H18F3NO. The number of halogens is 3. The SMILES string of the molecule is CCC(CC)(CO)NCc1cc(F)c(F)cc1F. The molecule has 1 aromatic rings. The quantitative estimate of drug-likeness (QED) is 0.772. The molecule has 2 N–H and O–H groups in total. The third-order valence-electron chi connectivity index (χ3n) is 3.40. The van der Waals surface area contributed by atoms with E-state index in [0.29, 0.717) is 18.9 Å². The van der Waals surface area contributed by atoms with E-state index in [1.54, 1.807) is 0 Å². The van der Waals surface area contributed by atoms with Gasteiger partial charge in [0.05, 0.1) is 6.61 Å². The highest BCUT2D eigenvalue weighted by Crippen LogP contribution is 2.18. The van der Waals surface area contributed by atoms with Gasteiger partial charge in [0.15, 0.2) is 11.6 Å². The normalized spacial score (nSPS) is 11.9. The molecule has 0 saturated carbocycles. The first-order chi connectivity index (χ1) is 8.48. The summed E-state index contributed by atoms with van der Waals surface area (Å²) < 4.78 is 39.2. The minimum atomic E-state index is -1.20. The van der Waals surface area contributed by atoms with Crippen LogP contribution in [0.4, 0.5) is 13.2 Å². The number of nitrogens with one attached hydrogen (secondary N) is 1. The molecule has 0 unspecified atom stereocenters. The zero-order valence-corrected chi connectivity index (χ0v) is 10.6. The second-order valence-corrected chi connectivity index (χ2v) is 4.36. The van der Waals surface area contributed by atoms with Crippen molar-refractivity contribution in [3.8, 4) is 0 Å². The molecule has 1 aromatic carbocycles. The molecule has 0 saturated heterocycles. The van der Waals surface area contributed by atoms with Gasteiger partial charge in [0.25, 0.3) is 0 Å². The molecule has 0 aliphatic carbocycles. The fourth-order valence-electron chi connectivity index (χ4n) is 1.76. The van der Waals surface area contributed by atoms with Crippen LogP contribution in [0.3, 0.4) is 0 Å². The molecule has 0 spiro atoms. The van der Waals surface area contributed by atoms with Crippen LogP contribution >= 0.6 is 0 Å². The molecule has 0 amide bonds. The van der Waals surface area contributed by atoms with Gasteiger partial charge in [0.2, 0.25) is 0 Å². The Morgan fingerprint density at radius 2 is 1.61 bits per heavy atom. The van der Waals surface area contributed by atoms with Crippen molar-refractivity contribution in [3.63, 3.8) is 0 Å². The van der Waals surface area contributed by atoms with Gasteiger partial charge in [-0.1, -0.05) is 13.8 Å². The maximum Gasteiger partial charge on any atom is 0.161 e. The van der Waals surface area contributed by atoms with Gasteiger partial charge < -0.3 is 10.4 Å². The molecule has 1 rings (SSSR count). The van der Waals surface area contributed by atoms with Crippen LogP contribution in [0.25, 0.3) is 0 Å². The number of aliphatic hydroxyl groups excluding tert-OH is 1. The Hall–Kier alpha value is -1.07. The molecule has 0 atom stereocenters. The van der Waals surface area contributed by atoms with Crippen LogP contribution in [0, 0.1) is 17.5 Å². The van der Waals surface area contributed by atoms with Crippen molar-refractivity contribution in [3.05, 3.63) is 35.1 Å². The smallest absolute Gasteiger partial charge is 0.161 e. The summed E-state index contributed by atoms with van der Waals surface area (Å²) in [4.78, 5) is 0. The first-order valence-electron chi connectivity index (χ1n) is 5.97. The van der Waals surface area contributed by atoms with E-state index < -0.39 is 23.0 Å². The van der Waals surface area contributed by atoms with E-state index in [1.165, 1.54) is 0 Å². The molecular weight excluding hydrogens is 243 g/mol. The largest absolute Gasteiger partial charge is 0.394 e. The average Bonchev–Trinajstić information content (AvgIpc) is 2.37. The number of benzene rings is 1. The molecule has 0 aromatic heterocycles. The van der Waals surface area contributed by atoms with Gasteiger partial charge in [-0.2, -0.15) is 0 Å². The Morgan fingerprint density at radius 1 is 1.06 bits per heavy atom. The van der Waals surface area contributed by atoms with Crippen molar-refractivity contribution in [2.45, 2.75) is 38.8 Å². The molecule has 0 radical (unpaired) electrons. The molecule has 0 bridgehead atoms. The third-order valence-corrected chi connectivity index (χ3v) is 3.40. The summed E-state index contributed by atoms with van der Waals surface area (Å²) in [6.07, 6.45) is 1.32. The Labute approximate surface area is 105 Å². The predicted octanol–water partition coefficient (Wildman–Crippen LogP) is 2.74. The Balaban J connectivity index is 2.83. The Morgan fingerprint density at radius 3 is 2.11 bits per heavy atom. The minimum Gasteiger partial charge on any atom is -0.394 e. The van der Waals surface area contributed by atoms with Crippen LogP contribution in [0.2, 0.25) is 0 Å². The van der Waals surface area contributed by atoms with Crippen molar-refractivity contribution >= 4 is 0 Å². The summed E-state index contributed by atoms with van der Waals surface area (Å²) in [5.74, 6) is -3.06. The van der Waals surface area contributed by atoms with Gasteiger partial charge in [-0.25, -0.2) is 13.2 Å². The first-order valence-corrected chi connectivity index (χ1v) is 5.97.